The summed E-state index contributed by atoms with van der Waals surface area (Å²) < 4.78 is 0. The van der Waals surface area contributed by atoms with Crippen LogP contribution >= 0.6 is 0 Å². The van der Waals surface area contributed by atoms with Crippen molar-refractivity contribution in [3.8, 4) is 0 Å². The molecule has 0 atom stereocenters. The van der Waals surface area contributed by atoms with Gasteiger partial charge < -0.3 is 0 Å². The number of hydrogen-bond donors (Lipinski definition) is 0. The van der Waals surface area contributed by atoms with Crippen LogP contribution in [0.4, 0.5) is 0 Å². The average Bonchev–Trinajstić information content (AvgIpc) is 2.17. The summed E-state index contributed by atoms with van der Waals surface area (Å²) in [6.07, 6.45) is 6.30. The molecule has 0 heteroatoms. The van der Waals surface area contributed by atoms with E-state index < -0.39 is 0 Å². The minimum absolute atomic E-state index is 1.22. The van der Waals surface area contributed by atoms with E-state index in [2.05, 4.69) is 38.1 Å². The van der Waals surface area contributed by atoms with Crippen molar-refractivity contribution < 1.29 is 0 Å². The monoisotopic (exact) mass is 176 g/mol. The van der Waals surface area contributed by atoms with Crippen LogP contribution in [0.15, 0.2) is 24.3 Å². The highest BCUT2D eigenvalue weighted by atomic mass is 14.0. The molecule has 0 saturated carbocycles. The Morgan fingerprint density at radius 1 is 0.769 bits per heavy atom. The Bertz CT molecular complexity index is 220. The zero-order valence-electron chi connectivity index (χ0n) is 8.84. The van der Waals surface area contributed by atoms with Gasteiger partial charge in [-0.15, -0.1) is 0 Å². The van der Waals surface area contributed by atoms with Crippen molar-refractivity contribution in [1.82, 2.24) is 0 Å². The van der Waals surface area contributed by atoms with Gasteiger partial charge in [0.2, 0.25) is 0 Å². The lowest BCUT2D eigenvalue weighted by Gasteiger charge is -2.02. The van der Waals surface area contributed by atoms with Crippen molar-refractivity contribution in [3.05, 3.63) is 35.4 Å². The smallest absolute Gasteiger partial charge is 0.0279 e. The van der Waals surface area contributed by atoms with Crippen LogP contribution in [0.2, 0.25) is 0 Å². The van der Waals surface area contributed by atoms with E-state index in [-0.39, 0.29) is 0 Å². The topological polar surface area (TPSA) is 0 Å². The molecule has 0 heterocycles. The fourth-order valence-corrected chi connectivity index (χ4v) is 1.54. The SMILES string of the molecule is CCCCc1ccc(CCC)cc1. The van der Waals surface area contributed by atoms with E-state index in [1.54, 1.807) is 0 Å². The largest absolute Gasteiger partial charge is 0.0654 e. The molecule has 13 heavy (non-hydrogen) atoms. The third kappa shape index (κ3) is 3.63. The second kappa shape index (κ2) is 5.80. The molecule has 72 valence electrons. The Morgan fingerprint density at radius 3 is 1.77 bits per heavy atom. The van der Waals surface area contributed by atoms with Crippen LogP contribution in [0.25, 0.3) is 0 Å². The molecule has 1 aromatic rings. The molecule has 0 aliphatic heterocycles. The zero-order valence-corrected chi connectivity index (χ0v) is 8.84. The van der Waals surface area contributed by atoms with E-state index in [0.29, 0.717) is 0 Å². The summed E-state index contributed by atoms with van der Waals surface area (Å²) in [6.45, 7) is 4.47. The minimum Gasteiger partial charge on any atom is -0.0654 e. The van der Waals surface area contributed by atoms with Crippen LogP contribution < -0.4 is 0 Å². The number of rotatable bonds is 5. The molecular formula is C13H20. The van der Waals surface area contributed by atoms with Crippen molar-refractivity contribution in [2.75, 3.05) is 0 Å². The van der Waals surface area contributed by atoms with Gasteiger partial charge in [0.15, 0.2) is 0 Å². The molecule has 0 unspecified atom stereocenters. The second-order valence-electron chi connectivity index (χ2n) is 3.67. The van der Waals surface area contributed by atoms with Crippen LogP contribution in [0.1, 0.15) is 44.2 Å². The Morgan fingerprint density at radius 2 is 1.31 bits per heavy atom. The summed E-state index contributed by atoms with van der Waals surface area (Å²) in [5, 5.41) is 0. The first-order valence-electron chi connectivity index (χ1n) is 5.44. The highest BCUT2D eigenvalue weighted by Gasteiger charge is 1.93. The summed E-state index contributed by atoms with van der Waals surface area (Å²) >= 11 is 0. The van der Waals surface area contributed by atoms with Crippen molar-refractivity contribution in [2.45, 2.75) is 46.0 Å². The normalized spacial score (nSPS) is 10.3. The molecule has 0 aromatic heterocycles. The van der Waals surface area contributed by atoms with Crippen LogP contribution in [0, 0.1) is 0 Å². The molecular weight excluding hydrogens is 156 g/mol. The minimum atomic E-state index is 1.22. The standard InChI is InChI=1S/C13H20/c1-3-5-7-13-10-8-12(6-4-2)9-11-13/h8-11H,3-7H2,1-2H3. The molecule has 0 bridgehead atoms. The molecule has 0 radical (unpaired) electrons. The number of hydrogen-bond acceptors (Lipinski definition) is 0. The molecule has 0 amide bonds. The third-order valence-electron chi connectivity index (χ3n) is 2.38. The first-order chi connectivity index (χ1) is 6.36. The molecule has 0 N–H and O–H groups in total. The van der Waals surface area contributed by atoms with E-state index in [1.807, 2.05) is 0 Å². The maximum atomic E-state index is 2.28. The number of aryl methyl sites for hydroxylation is 2. The van der Waals surface area contributed by atoms with E-state index in [1.165, 1.54) is 43.2 Å². The van der Waals surface area contributed by atoms with Crippen molar-refractivity contribution >= 4 is 0 Å². The highest BCUT2D eigenvalue weighted by Crippen LogP contribution is 2.09. The van der Waals surface area contributed by atoms with Gasteiger partial charge in [0, 0.05) is 0 Å². The predicted octanol–water partition coefficient (Wildman–Crippen LogP) is 3.98. The number of benzene rings is 1. The van der Waals surface area contributed by atoms with E-state index in [9.17, 15) is 0 Å². The third-order valence-corrected chi connectivity index (χ3v) is 2.38. The van der Waals surface area contributed by atoms with Gasteiger partial charge in [0.05, 0.1) is 0 Å². The summed E-state index contributed by atoms with van der Waals surface area (Å²) in [5.74, 6) is 0. The summed E-state index contributed by atoms with van der Waals surface area (Å²) in [6, 6.07) is 9.10. The quantitative estimate of drug-likeness (QED) is 0.636. The fraction of sp³-hybridized carbons (Fsp3) is 0.538. The lowest BCUT2D eigenvalue weighted by Crippen LogP contribution is -1.87. The first kappa shape index (κ1) is 10.3. The van der Waals surface area contributed by atoms with Crippen LogP contribution in [0.3, 0.4) is 0 Å². The summed E-state index contributed by atoms with van der Waals surface area (Å²) in [5.41, 5.74) is 2.96. The van der Waals surface area contributed by atoms with Gasteiger partial charge >= 0.3 is 0 Å². The van der Waals surface area contributed by atoms with E-state index in [4.69, 9.17) is 0 Å². The molecule has 0 fully saturated rings. The Hall–Kier alpha value is -0.780. The van der Waals surface area contributed by atoms with Gasteiger partial charge in [-0.3, -0.25) is 0 Å². The van der Waals surface area contributed by atoms with Gasteiger partial charge in [-0.1, -0.05) is 51.0 Å². The van der Waals surface area contributed by atoms with Crippen LogP contribution in [-0.4, -0.2) is 0 Å². The van der Waals surface area contributed by atoms with Gasteiger partial charge in [0.25, 0.3) is 0 Å². The highest BCUT2D eigenvalue weighted by molar-refractivity contribution is 5.22. The van der Waals surface area contributed by atoms with Crippen LogP contribution in [-0.2, 0) is 12.8 Å². The van der Waals surface area contributed by atoms with Gasteiger partial charge in [-0.25, -0.2) is 0 Å². The fourth-order valence-electron chi connectivity index (χ4n) is 1.54. The Kier molecular flexibility index (Phi) is 4.59. The van der Waals surface area contributed by atoms with Crippen LogP contribution in [0.5, 0.6) is 0 Å². The van der Waals surface area contributed by atoms with E-state index in [0.717, 1.165) is 0 Å². The molecule has 1 aromatic carbocycles. The molecule has 1 rings (SSSR count). The zero-order chi connectivity index (χ0) is 9.52. The summed E-state index contributed by atoms with van der Waals surface area (Å²) in [4.78, 5) is 0. The molecule has 0 spiro atoms. The van der Waals surface area contributed by atoms with E-state index >= 15 is 0 Å². The average molecular weight is 176 g/mol. The van der Waals surface area contributed by atoms with Crippen molar-refractivity contribution in [1.29, 1.82) is 0 Å². The molecule has 0 saturated heterocycles. The van der Waals surface area contributed by atoms with Crippen molar-refractivity contribution in [3.63, 3.8) is 0 Å². The summed E-state index contributed by atoms with van der Waals surface area (Å²) in [7, 11) is 0. The van der Waals surface area contributed by atoms with Gasteiger partial charge in [0.1, 0.15) is 0 Å². The lowest BCUT2D eigenvalue weighted by molar-refractivity contribution is 0.794. The Labute approximate surface area is 82.0 Å². The Balaban J connectivity index is 2.48. The molecule has 0 nitrogen and oxygen atoms in total. The maximum absolute atomic E-state index is 2.28. The lowest BCUT2D eigenvalue weighted by atomic mass is 10.0. The van der Waals surface area contributed by atoms with Gasteiger partial charge in [-0.05, 0) is 30.4 Å². The molecule has 0 aliphatic carbocycles. The number of unbranched alkanes of at least 4 members (excludes halogenated alkanes) is 1. The van der Waals surface area contributed by atoms with Crippen molar-refractivity contribution in [2.24, 2.45) is 0 Å². The predicted molar refractivity (Wildman–Crippen MR) is 59.0 cm³/mol. The first-order valence-corrected chi connectivity index (χ1v) is 5.44. The van der Waals surface area contributed by atoms with Gasteiger partial charge in [-0.2, -0.15) is 0 Å². The second-order valence-corrected chi connectivity index (χ2v) is 3.67. The maximum Gasteiger partial charge on any atom is -0.0279 e. The molecule has 0 aliphatic rings.